The third kappa shape index (κ3) is 5.28. The monoisotopic (exact) mass is 610 g/mol. The van der Waals surface area contributed by atoms with Gasteiger partial charge < -0.3 is 18.3 Å². The van der Waals surface area contributed by atoms with Crippen molar-refractivity contribution in [2.75, 3.05) is 13.2 Å². The highest BCUT2D eigenvalue weighted by Gasteiger charge is 2.20. The first-order chi connectivity index (χ1) is 19.5. The van der Waals surface area contributed by atoms with Crippen LogP contribution in [0, 0.1) is 0 Å². The number of ether oxygens (including phenoxy) is 2. The normalized spacial score (nSPS) is 11.3. The Labute approximate surface area is 245 Å². The minimum atomic E-state index is -0.281. The van der Waals surface area contributed by atoms with Crippen molar-refractivity contribution in [3.63, 3.8) is 0 Å². The highest BCUT2D eigenvalue weighted by Crippen LogP contribution is 2.36. The summed E-state index contributed by atoms with van der Waals surface area (Å²) in [5.41, 5.74) is 0.319. The molecule has 0 spiro atoms. The number of halogens is 2. The molecular weight excluding hydrogens is 591 g/mol. The van der Waals surface area contributed by atoms with Gasteiger partial charge in [0.05, 0.1) is 33.7 Å². The molecule has 4 aromatic heterocycles. The lowest BCUT2D eigenvalue weighted by Crippen LogP contribution is -2.13. The van der Waals surface area contributed by atoms with Crippen LogP contribution in [0.5, 0.6) is 11.5 Å². The van der Waals surface area contributed by atoms with Crippen LogP contribution in [0.25, 0.3) is 43.2 Å². The number of benzene rings is 2. The number of hydrogen-bond acceptors (Lipinski definition) is 8. The highest BCUT2D eigenvalue weighted by atomic mass is 35.5. The fraction of sp³-hybridized carbons (Fsp3) is 0.133. The molecule has 6 rings (SSSR count). The minimum Gasteiger partial charge on any atom is -0.486 e. The third-order valence-electron chi connectivity index (χ3n) is 6.14. The number of rotatable bonds is 9. The summed E-state index contributed by atoms with van der Waals surface area (Å²) in [5.74, 6) is 1.06. The van der Waals surface area contributed by atoms with E-state index in [-0.39, 0.29) is 35.6 Å². The van der Waals surface area contributed by atoms with Crippen LogP contribution < -0.4 is 20.3 Å². The van der Waals surface area contributed by atoms with E-state index in [1.54, 1.807) is 36.4 Å². The molecule has 0 amide bonds. The molecule has 40 heavy (non-hydrogen) atoms. The Bertz CT molecular complexity index is 1780. The van der Waals surface area contributed by atoms with Crippen LogP contribution in [0.1, 0.15) is 12.8 Å². The van der Waals surface area contributed by atoms with Crippen LogP contribution in [0.4, 0.5) is 0 Å². The minimum absolute atomic E-state index is 0.144. The first kappa shape index (κ1) is 26.7. The van der Waals surface area contributed by atoms with Crippen molar-refractivity contribution in [2.24, 2.45) is 0 Å². The maximum atomic E-state index is 13.3. The largest absolute Gasteiger partial charge is 0.486 e. The molecule has 4 heterocycles. The number of thiophene rings is 2. The number of unbranched alkanes of at least 4 members (excludes halogenated alkanes) is 1. The predicted molar refractivity (Wildman–Crippen MR) is 162 cm³/mol. The highest BCUT2D eigenvalue weighted by molar-refractivity contribution is 7.13. The van der Waals surface area contributed by atoms with E-state index in [2.05, 4.69) is 0 Å². The molecule has 0 saturated heterocycles. The Hall–Kier alpha value is -3.56. The standard InChI is InChI=1S/C30H20Cl2O6S2/c31-17-7-9-21-19(15-17)25(33)29(27(37-21)23-5-3-13-39-23)35-11-1-2-12-36-30-26(34)20-16-18(32)8-10-22(20)38-28(30)24-6-4-14-40-24/h3-10,13-16H,1-2,11-12H2. The van der Waals surface area contributed by atoms with Crippen molar-refractivity contribution in [3.8, 4) is 32.8 Å². The quantitative estimate of drug-likeness (QED) is 0.152. The molecular formula is C30H20Cl2O6S2. The van der Waals surface area contributed by atoms with E-state index in [0.717, 1.165) is 9.75 Å². The van der Waals surface area contributed by atoms with E-state index >= 15 is 0 Å². The van der Waals surface area contributed by atoms with Gasteiger partial charge in [-0.1, -0.05) is 35.3 Å². The molecule has 2 aromatic carbocycles. The molecule has 202 valence electrons. The van der Waals surface area contributed by atoms with Gasteiger partial charge in [-0.25, -0.2) is 0 Å². The summed E-state index contributed by atoms with van der Waals surface area (Å²) in [6, 6.07) is 17.4. The lowest BCUT2D eigenvalue weighted by molar-refractivity contribution is 0.260. The summed E-state index contributed by atoms with van der Waals surface area (Å²) in [6.07, 6.45) is 1.13. The Morgan fingerprint density at radius 3 is 1.50 bits per heavy atom. The van der Waals surface area contributed by atoms with Crippen molar-refractivity contribution in [3.05, 3.63) is 102 Å². The van der Waals surface area contributed by atoms with Crippen molar-refractivity contribution in [1.82, 2.24) is 0 Å². The molecule has 0 unspecified atom stereocenters. The van der Waals surface area contributed by atoms with Crippen LogP contribution in [-0.4, -0.2) is 13.2 Å². The van der Waals surface area contributed by atoms with E-state index in [1.165, 1.54) is 22.7 Å². The zero-order valence-electron chi connectivity index (χ0n) is 20.8. The lowest BCUT2D eigenvalue weighted by Gasteiger charge is -2.12. The summed E-state index contributed by atoms with van der Waals surface area (Å²) in [7, 11) is 0. The fourth-order valence-corrected chi connectivity index (χ4v) is 6.00. The Kier molecular flexibility index (Phi) is 7.67. The topological polar surface area (TPSA) is 78.9 Å². The summed E-state index contributed by atoms with van der Waals surface area (Å²) < 4.78 is 24.1. The molecule has 6 aromatic rings. The fourth-order valence-electron chi connectivity index (χ4n) is 4.26. The molecule has 6 nitrogen and oxygen atoms in total. The average Bonchev–Trinajstić information content (AvgIpc) is 3.68. The molecule has 0 aliphatic heterocycles. The predicted octanol–water partition coefficient (Wildman–Crippen LogP) is 8.90. The molecule has 0 radical (unpaired) electrons. The Balaban J connectivity index is 1.19. The van der Waals surface area contributed by atoms with Gasteiger partial charge in [-0.15, -0.1) is 22.7 Å². The third-order valence-corrected chi connectivity index (χ3v) is 8.35. The van der Waals surface area contributed by atoms with Gasteiger partial charge in [0.15, 0.2) is 11.5 Å². The van der Waals surface area contributed by atoms with Crippen molar-refractivity contribution >= 4 is 67.8 Å². The molecule has 0 fully saturated rings. The summed E-state index contributed by atoms with van der Waals surface area (Å²) in [5, 5.41) is 5.41. The van der Waals surface area contributed by atoms with E-state index in [9.17, 15) is 9.59 Å². The summed E-state index contributed by atoms with van der Waals surface area (Å²) in [4.78, 5) is 28.2. The lowest BCUT2D eigenvalue weighted by atomic mass is 10.2. The van der Waals surface area contributed by atoms with Crippen LogP contribution in [0.2, 0.25) is 10.0 Å². The Morgan fingerprint density at radius 1 is 0.650 bits per heavy atom. The van der Waals surface area contributed by atoms with Gasteiger partial charge >= 0.3 is 0 Å². The zero-order valence-corrected chi connectivity index (χ0v) is 23.9. The maximum absolute atomic E-state index is 13.3. The van der Waals surface area contributed by atoms with Crippen LogP contribution in [-0.2, 0) is 0 Å². The smallest absolute Gasteiger partial charge is 0.235 e. The van der Waals surface area contributed by atoms with Gasteiger partial charge in [0.25, 0.3) is 0 Å². The molecule has 0 aliphatic rings. The number of fused-ring (bicyclic) bond motifs is 2. The van der Waals surface area contributed by atoms with Gasteiger partial charge in [0.2, 0.25) is 22.4 Å². The second-order valence-corrected chi connectivity index (χ2v) is 11.6. The van der Waals surface area contributed by atoms with E-state index < -0.39 is 0 Å². The zero-order chi connectivity index (χ0) is 27.6. The molecule has 0 aliphatic carbocycles. The van der Waals surface area contributed by atoms with Gasteiger partial charge in [-0.3, -0.25) is 9.59 Å². The molecule has 0 bridgehead atoms. The maximum Gasteiger partial charge on any atom is 0.235 e. The van der Waals surface area contributed by atoms with Gasteiger partial charge in [-0.2, -0.15) is 0 Å². The van der Waals surface area contributed by atoms with Gasteiger partial charge in [0, 0.05) is 10.0 Å². The molecule has 10 heteroatoms. The molecule has 0 N–H and O–H groups in total. The molecule has 0 atom stereocenters. The summed E-state index contributed by atoms with van der Waals surface area (Å²) in [6.45, 7) is 0.497. The van der Waals surface area contributed by atoms with Crippen LogP contribution in [0.15, 0.2) is 89.8 Å². The van der Waals surface area contributed by atoms with Crippen molar-refractivity contribution < 1.29 is 18.3 Å². The molecule has 0 saturated carbocycles. The summed E-state index contributed by atoms with van der Waals surface area (Å²) >= 11 is 15.1. The van der Waals surface area contributed by atoms with E-state index in [0.29, 0.717) is 56.3 Å². The van der Waals surface area contributed by atoms with Crippen LogP contribution in [0.3, 0.4) is 0 Å². The first-order valence-electron chi connectivity index (χ1n) is 12.4. The SMILES string of the molecule is O=c1c(OCCCCOc2c(-c3cccs3)oc3ccc(Cl)cc3c2=O)c(-c2cccs2)oc2ccc(Cl)cc12. The number of hydrogen-bond donors (Lipinski definition) is 0. The van der Waals surface area contributed by atoms with E-state index in [1.807, 2.05) is 35.0 Å². The van der Waals surface area contributed by atoms with Gasteiger partial charge in [-0.05, 0) is 72.1 Å². The van der Waals surface area contributed by atoms with Crippen LogP contribution >= 0.6 is 45.9 Å². The Morgan fingerprint density at radius 2 is 1.10 bits per heavy atom. The second-order valence-electron chi connectivity index (χ2n) is 8.82. The van der Waals surface area contributed by atoms with Crippen molar-refractivity contribution in [2.45, 2.75) is 12.8 Å². The average molecular weight is 612 g/mol. The van der Waals surface area contributed by atoms with E-state index in [4.69, 9.17) is 41.5 Å². The second kappa shape index (κ2) is 11.5. The first-order valence-corrected chi connectivity index (χ1v) is 14.9. The van der Waals surface area contributed by atoms with Gasteiger partial charge in [0.1, 0.15) is 11.2 Å². The van der Waals surface area contributed by atoms with Crippen molar-refractivity contribution in [1.29, 1.82) is 0 Å².